The minimum absolute atomic E-state index is 0.000360. The van der Waals surface area contributed by atoms with Crippen LogP contribution in [0.5, 0.6) is 0 Å². The normalized spacial score (nSPS) is 15.4. The Hall–Kier alpha value is -1.88. The molecule has 1 aromatic carbocycles. The van der Waals surface area contributed by atoms with Crippen LogP contribution in [-0.4, -0.2) is 24.9 Å². The van der Waals surface area contributed by atoms with Crippen molar-refractivity contribution in [2.75, 3.05) is 18.0 Å². The number of amides is 2. The van der Waals surface area contributed by atoms with Crippen LogP contribution in [0, 0.1) is 0 Å². The van der Waals surface area contributed by atoms with Crippen molar-refractivity contribution in [1.29, 1.82) is 0 Å². The minimum Gasteiger partial charge on any atom is -0.351 e. The van der Waals surface area contributed by atoms with E-state index < -0.39 is 0 Å². The van der Waals surface area contributed by atoms with E-state index in [1.807, 2.05) is 29.2 Å². The van der Waals surface area contributed by atoms with Crippen molar-refractivity contribution >= 4 is 17.5 Å². The fraction of sp³-hybridized carbons (Fsp3) is 0.429. The number of benzene rings is 1. The molecule has 2 rings (SSSR count). The number of nitrogens with one attached hydrogen (secondary N) is 1. The molecule has 2 amide bonds. The third-order valence-electron chi connectivity index (χ3n) is 3.25. The average Bonchev–Trinajstić information content (AvgIpc) is 2.46. The lowest BCUT2D eigenvalue weighted by molar-refractivity contribution is -0.120. The number of piperidine rings is 1. The van der Waals surface area contributed by atoms with Gasteiger partial charge in [-0.25, -0.2) is 0 Å². The van der Waals surface area contributed by atoms with Gasteiger partial charge in [-0.1, -0.05) is 12.1 Å². The smallest absolute Gasteiger partial charge is 0.234 e. The summed E-state index contributed by atoms with van der Waals surface area (Å²) in [5, 5.41) is 2.71. The fourth-order valence-electron chi connectivity index (χ4n) is 2.15. The predicted octanol–water partition coefficient (Wildman–Crippen LogP) is 0.778. The summed E-state index contributed by atoms with van der Waals surface area (Å²) < 4.78 is 0. The van der Waals surface area contributed by atoms with Crippen molar-refractivity contribution in [3.8, 4) is 0 Å². The highest BCUT2D eigenvalue weighted by Crippen LogP contribution is 2.21. The number of carbonyl (C=O) groups is 2. The molecule has 0 radical (unpaired) electrons. The zero-order valence-electron chi connectivity index (χ0n) is 10.9. The Balaban J connectivity index is 1.97. The second-order valence-electron chi connectivity index (χ2n) is 4.65. The molecule has 1 heterocycles. The van der Waals surface area contributed by atoms with Gasteiger partial charge in [0.25, 0.3) is 0 Å². The van der Waals surface area contributed by atoms with Crippen molar-refractivity contribution in [2.24, 2.45) is 5.73 Å². The molecule has 1 aliphatic heterocycles. The van der Waals surface area contributed by atoms with Crippen LogP contribution in [0.2, 0.25) is 0 Å². The maximum atomic E-state index is 11.8. The number of nitrogens with two attached hydrogens (primary N) is 1. The van der Waals surface area contributed by atoms with Crippen molar-refractivity contribution in [3.63, 3.8) is 0 Å². The quantitative estimate of drug-likeness (QED) is 0.841. The number of rotatable bonds is 4. The Morgan fingerprint density at radius 3 is 2.63 bits per heavy atom. The van der Waals surface area contributed by atoms with E-state index in [2.05, 4.69) is 5.32 Å². The van der Waals surface area contributed by atoms with E-state index in [1.54, 1.807) is 0 Å². The van der Waals surface area contributed by atoms with Crippen LogP contribution in [-0.2, 0) is 16.1 Å². The van der Waals surface area contributed by atoms with Crippen molar-refractivity contribution in [2.45, 2.75) is 25.8 Å². The summed E-state index contributed by atoms with van der Waals surface area (Å²) in [6.45, 7) is 1.26. The summed E-state index contributed by atoms with van der Waals surface area (Å²) in [7, 11) is 0. The average molecular weight is 261 g/mol. The number of anilines is 1. The molecular formula is C14H19N3O2. The molecule has 0 unspecified atom stereocenters. The van der Waals surface area contributed by atoms with E-state index in [4.69, 9.17) is 5.73 Å². The summed E-state index contributed by atoms with van der Waals surface area (Å²) >= 11 is 0. The van der Waals surface area contributed by atoms with E-state index in [0.717, 1.165) is 30.6 Å². The Bertz CT molecular complexity index is 456. The first-order valence-electron chi connectivity index (χ1n) is 6.57. The summed E-state index contributed by atoms with van der Waals surface area (Å²) in [4.78, 5) is 24.7. The van der Waals surface area contributed by atoms with Gasteiger partial charge in [0, 0.05) is 25.2 Å². The van der Waals surface area contributed by atoms with Crippen LogP contribution in [0.25, 0.3) is 0 Å². The molecule has 0 bridgehead atoms. The van der Waals surface area contributed by atoms with Gasteiger partial charge < -0.3 is 16.0 Å². The first-order chi connectivity index (χ1) is 9.20. The van der Waals surface area contributed by atoms with E-state index in [-0.39, 0.29) is 18.4 Å². The topological polar surface area (TPSA) is 75.4 Å². The molecule has 1 aliphatic rings. The van der Waals surface area contributed by atoms with Gasteiger partial charge in [0.1, 0.15) is 0 Å². The molecule has 1 fully saturated rings. The SMILES string of the molecule is NCC(=O)NCc1ccc(N2CCCCC2=O)cc1. The second kappa shape index (κ2) is 6.33. The van der Waals surface area contributed by atoms with Gasteiger partial charge in [-0.2, -0.15) is 0 Å². The largest absolute Gasteiger partial charge is 0.351 e. The zero-order valence-corrected chi connectivity index (χ0v) is 10.9. The minimum atomic E-state index is -0.171. The Morgan fingerprint density at radius 2 is 2.00 bits per heavy atom. The summed E-state index contributed by atoms with van der Waals surface area (Å²) in [6.07, 6.45) is 2.67. The van der Waals surface area contributed by atoms with E-state index in [9.17, 15) is 9.59 Å². The van der Waals surface area contributed by atoms with Gasteiger partial charge in [-0.15, -0.1) is 0 Å². The molecule has 0 saturated carbocycles. The van der Waals surface area contributed by atoms with Gasteiger partial charge in [0.2, 0.25) is 11.8 Å². The molecule has 1 saturated heterocycles. The molecule has 0 aliphatic carbocycles. The molecule has 3 N–H and O–H groups in total. The Morgan fingerprint density at radius 1 is 1.26 bits per heavy atom. The monoisotopic (exact) mass is 261 g/mol. The molecule has 5 nitrogen and oxygen atoms in total. The fourth-order valence-corrected chi connectivity index (χ4v) is 2.15. The van der Waals surface area contributed by atoms with Gasteiger partial charge >= 0.3 is 0 Å². The van der Waals surface area contributed by atoms with E-state index in [1.165, 1.54) is 0 Å². The van der Waals surface area contributed by atoms with Crippen molar-refractivity contribution in [1.82, 2.24) is 5.32 Å². The lowest BCUT2D eigenvalue weighted by atomic mass is 10.1. The number of nitrogens with zero attached hydrogens (tertiary/aromatic N) is 1. The Labute approximate surface area is 112 Å². The number of hydrogen-bond donors (Lipinski definition) is 2. The van der Waals surface area contributed by atoms with Crippen LogP contribution < -0.4 is 16.0 Å². The molecule has 0 aromatic heterocycles. The van der Waals surface area contributed by atoms with Gasteiger partial charge in [-0.3, -0.25) is 9.59 Å². The van der Waals surface area contributed by atoms with Crippen LogP contribution in [0.15, 0.2) is 24.3 Å². The van der Waals surface area contributed by atoms with Gasteiger partial charge in [0.05, 0.1) is 6.54 Å². The van der Waals surface area contributed by atoms with Crippen LogP contribution in [0.3, 0.4) is 0 Å². The highest BCUT2D eigenvalue weighted by Gasteiger charge is 2.19. The summed E-state index contributed by atoms with van der Waals surface area (Å²) in [5.41, 5.74) is 7.14. The number of carbonyl (C=O) groups excluding carboxylic acids is 2. The molecule has 1 aromatic rings. The maximum Gasteiger partial charge on any atom is 0.234 e. The molecular weight excluding hydrogens is 242 g/mol. The molecule has 0 spiro atoms. The lowest BCUT2D eigenvalue weighted by Gasteiger charge is -2.26. The predicted molar refractivity (Wildman–Crippen MR) is 73.5 cm³/mol. The summed E-state index contributed by atoms with van der Waals surface area (Å²) in [6, 6.07) is 7.70. The first kappa shape index (κ1) is 13.5. The molecule has 19 heavy (non-hydrogen) atoms. The highest BCUT2D eigenvalue weighted by molar-refractivity contribution is 5.93. The molecule has 102 valence electrons. The van der Waals surface area contributed by atoms with Crippen molar-refractivity contribution in [3.05, 3.63) is 29.8 Å². The standard InChI is InChI=1S/C14H19N3O2/c15-9-13(18)16-10-11-4-6-12(7-5-11)17-8-2-1-3-14(17)19/h4-7H,1-3,8-10,15H2,(H,16,18). The van der Waals surface area contributed by atoms with Crippen LogP contribution >= 0.6 is 0 Å². The van der Waals surface area contributed by atoms with Crippen molar-refractivity contribution < 1.29 is 9.59 Å². The second-order valence-corrected chi connectivity index (χ2v) is 4.65. The van der Waals surface area contributed by atoms with E-state index >= 15 is 0 Å². The van der Waals surface area contributed by atoms with Gasteiger partial charge in [0.15, 0.2) is 0 Å². The lowest BCUT2D eigenvalue weighted by Crippen LogP contribution is -2.35. The number of hydrogen-bond acceptors (Lipinski definition) is 3. The van der Waals surface area contributed by atoms with E-state index in [0.29, 0.717) is 13.0 Å². The summed E-state index contributed by atoms with van der Waals surface area (Å²) in [5.74, 6) is 0.0192. The van der Waals surface area contributed by atoms with Crippen LogP contribution in [0.1, 0.15) is 24.8 Å². The first-order valence-corrected chi connectivity index (χ1v) is 6.57. The third kappa shape index (κ3) is 3.54. The Kier molecular flexibility index (Phi) is 4.52. The maximum absolute atomic E-state index is 11.8. The zero-order chi connectivity index (χ0) is 13.7. The molecule has 5 heteroatoms. The van der Waals surface area contributed by atoms with Crippen LogP contribution in [0.4, 0.5) is 5.69 Å². The molecule has 0 atom stereocenters. The highest BCUT2D eigenvalue weighted by atomic mass is 16.2. The third-order valence-corrected chi connectivity index (χ3v) is 3.25. The van der Waals surface area contributed by atoms with Gasteiger partial charge in [-0.05, 0) is 30.5 Å².